The van der Waals surface area contributed by atoms with Crippen LogP contribution in [0.15, 0.2) is 17.8 Å². The van der Waals surface area contributed by atoms with Crippen molar-refractivity contribution in [2.24, 2.45) is 0 Å². The Bertz CT molecular complexity index is 459. The summed E-state index contributed by atoms with van der Waals surface area (Å²) in [5.41, 5.74) is 5.35. The van der Waals surface area contributed by atoms with Gasteiger partial charge in [-0.1, -0.05) is 0 Å². The maximum absolute atomic E-state index is 13.2. The molecule has 2 heterocycles. The number of rotatable bonds is 4. The first-order valence-electron chi connectivity index (χ1n) is 4.66. The zero-order valence-corrected chi connectivity index (χ0v) is 9.17. The normalized spacial score (nSPS) is 10.3. The van der Waals surface area contributed by atoms with E-state index in [-0.39, 0.29) is 11.8 Å². The molecule has 0 aliphatic rings. The van der Waals surface area contributed by atoms with Crippen LogP contribution in [-0.2, 0) is 6.42 Å². The van der Waals surface area contributed by atoms with E-state index in [1.165, 1.54) is 0 Å². The summed E-state index contributed by atoms with van der Waals surface area (Å²) in [7, 11) is 0. The van der Waals surface area contributed by atoms with Crippen LogP contribution in [0.1, 0.15) is 5.01 Å². The van der Waals surface area contributed by atoms with E-state index in [0.717, 1.165) is 17.6 Å². The molecule has 2 aromatic heterocycles. The topological polar surface area (TPSA) is 76.7 Å². The lowest BCUT2D eigenvalue weighted by molar-refractivity contribution is 0.617. The number of aromatic nitrogens is 3. The second-order valence-corrected chi connectivity index (χ2v) is 4.01. The Hall–Kier alpha value is -1.76. The molecule has 2 aromatic rings. The lowest BCUT2D eigenvalue weighted by atomic mass is 10.4. The number of nitrogens with zero attached hydrogens (tertiary/aromatic N) is 3. The van der Waals surface area contributed by atoms with Gasteiger partial charge in [-0.15, -0.1) is 11.3 Å². The Morgan fingerprint density at radius 1 is 1.44 bits per heavy atom. The average Bonchev–Trinajstić information content (AvgIpc) is 2.76. The summed E-state index contributed by atoms with van der Waals surface area (Å²) < 4.78 is 13.2. The van der Waals surface area contributed by atoms with Crippen molar-refractivity contribution in [3.8, 4) is 0 Å². The number of nitrogen functional groups attached to an aromatic ring is 1. The molecule has 0 saturated carbocycles. The SMILES string of the molecule is Nc1ncc(F)c(NCCc2nccs2)n1. The first-order chi connectivity index (χ1) is 7.75. The lowest BCUT2D eigenvalue weighted by Gasteiger charge is -2.05. The van der Waals surface area contributed by atoms with Crippen LogP contribution in [0.25, 0.3) is 0 Å². The fraction of sp³-hybridized carbons (Fsp3) is 0.222. The summed E-state index contributed by atoms with van der Waals surface area (Å²) in [6, 6.07) is 0. The fourth-order valence-electron chi connectivity index (χ4n) is 1.17. The van der Waals surface area contributed by atoms with E-state index in [0.29, 0.717) is 6.54 Å². The van der Waals surface area contributed by atoms with Gasteiger partial charge in [0.15, 0.2) is 11.6 Å². The average molecular weight is 239 g/mol. The Morgan fingerprint density at radius 2 is 2.31 bits per heavy atom. The zero-order chi connectivity index (χ0) is 11.4. The molecule has 5 nitrogen and oxygen atoms in total. The molecule has 3 N–H and O–H groups in total. The van der Waals surface area contributed by atoms with Crippen LogP contribution in [0.2, 0.25) is 0 Å². The van der Waals surface area contributed by atoms with E-state index in [9.17, 15) is 4.39 Å². The number of anilines is 2. The number of nitrogens with two attached hydrogens (primary N) is 1. The van der Waals surface area contributed by atoms with Gasteiger partial charge < -0.3 is 11.1 Å². The van der Waals surface area contributed by atoms with Gasteiger partial charge in [0.2, 0.25) is 5.95 Å². The van der Waals surface area contributed by atoms with E-state index in [1.54, 1.807) is 17.5 Å². The molecule has 16 heavy (non-hydrogen) atoms. The summed E-state index contributed by atoms with van der Waals surface area (Å²) in [4.78, 5) is 11.4. The van der Waals surface area contributed by atoms with Gasteiger partial charge in [0.25, 0.3) is 0 Å². The third-order valence-corrected chi connectivity index (χ3v) is 2.72. The van der Waals surface area contributed by atoms with Crippen LogP contribution < -0.4 is 11.1 Å². The van der Waals surface area contributed by atoms with Crippen molar-refractivity contribution in [2.45, 2.75) is 6.42 Å². The van der Waals surface area contributed by atoms with Crippen LogP contribution >= 0.6 is 11.3 Å². The fourth-order valence-corrected chi connectivity index (χ4v) is 1.79. The number of halogens is 1. The van der Waals surface area contributed by atoms with Crippen LogP contribution in [0, 0.1) is 5.82 Å². The van der Waals surface area contributed by atoms with Gasteiger partial charge in [-0.05, 0) is 0 Å². The second-order valence-electron chi connectivity index (χ2n) is 3.03. The van der Waals surface area contributed by atoms with Crippen LogP contribution in [0.3, 0.4) is 0 Å². The largest absolute Gasteiger partial charge is 0.368 e. The number of nitrogens with one attached hydrogen (secondary N) is 1. The monoisotopic (exact) mass is 239 g/mol. The Labute approximate surface area is 95.6 Å². The molecule has 2 rings (SSSR count). The van der Waals surface area contributed by atoms with Crippen LogP contribution in [-0.4, -0.2) is 21.5 Å². The summed E-state index contributed by atoms with van der Waals surface area (Å²) in [6.45, 7) is 0.556. The quantitative estimate of drug-likeness (QED) is 0.841. The molecule has 7 heteroatoms. The number of thiazole rings is 1. The zero-order valence-electron chi connectivity index (χ0n) is 8.35. The summed E-state index contributed by atoms with van der Waals surface area (Å²) in [6.07, 6.45) is 3.51. The Balaban J connectivity index is 1.92. The molecule has 0 bridgehead atoms. The first kappa shape index (κ1) is 10.7. The first-order valence-corrected chi connectivity index (χ1v) is 5.54. The molecule has 0 saturated heterocycles. The summed E-state index contributed by atoms with van der Waals surface area (Å²) in [5.74, 6) is -0.324. The van der Waals surface area contributed by atoms with E-state index < -0.39 is 5.82 Å². The lowest BCUT2D eigenvalue weighted by Crippen LogP contribution is -2.09. The van der Waals surface area contributed by atoms with Crippen molar-refractivity contribution in [1.29, 1.82) is 0 Å². The molecule has 0 atom stereocenters. The van der Waals surface area contributed by atoms with Gasteiger partial charge in [0, 0.05) is 24.5 Å². The number of hydrogen-bond acceptors (Lipinski definition) is 6. The molecule has 0 aromatic carbocycles. The summed E-state index contributed by atoms with van der Waals surface area (Å²) in [5, 5.41) is 5.75. The van der Waals surface area contributed by atoms with E-state index >= 15 is 0 Å². The summed E-state index contributed by atoms with van der Waals surface area (Å²) >= 11 is 1.56. The van der Waals surface area contributed by atoms with Crippen molar-refractivity contribution in [1.82, 2.24) is 15.0 Å². The highest BCUT2D eigenvalue weighted by molar-refractivity contribution is 7.09. The van der Waals surface area contributed by atoms with Crippen molar-refractivity contribution in [2.75, 3.05) is 17.6 Å². The van der Waals surface area contributed by atoms with Crippen molar-refractivity contribution in [3.05, 3.63) is 28.6 Å². The molecular formula is C9H10FN5S. The third-order valence-electron chi connectivity index (χ3n) is 1.88. The van der Waals surface area contributed by atoms with E-state index in [4.69, 9.17) is 5.73 Å². The highest BCUT2D eigenvalue weighted by atomic mass is 32.1. The highest BCUT2D eigenvalue weighted by Gasteiger charge is 2.04. The van der Waals surface area contributed by atoms with Crippen LogP contribution in [0.5, 0.6) is 0 Å². The van der Waals surface area contributed by atoms with Gasteiger partial charge in [-0.2, -0.15) is 4.98 Å². The second kappa shape index (κ2) is 4.84. The van der Waals surface area contributed by atoms with Crippen LogP contribution in [0.4, 0.5) is 16.2 Å². The molecule has 0 aliphatic carbocycles. The highest BCUT2D eigenvalue weighted by Crippen LogP contribution is 2.10. The maximum atomic E-state index is 13.2. The van der Waals surface area contributed by atoms with Gasteiger partial charge in [0.05, 0.1) is 11.2 Å². The predicted molar refractivity (Wildman–Crippen MR) is 60.7 cm³/mol. The van der Waals surface area contributed by atoms with Gasteiger partial charge in [-0.25, -0.2) is 14.4 Å². The standard InChI is InChI=1S/C9H10FN5S/c10-6-5-14-9(11)15-8(6)13-2-1-7-12-3-4-16-7/h3-5H,1-2H2,(H3,11,13,14,15). The smallest absolute Gasteiger partial charge is 0.222 e. The minimum absolute atomic E-state index is 0.0538. The maximum Gasteiger partial charge on any atom is 0.222 e. The van der Waals surface area contributed by atoms with E-state index in [2.05, 4.69) is 20.3 Å². The molecule has 0 fully saturated rings. The molecule has 0 radical (unpaired) electrons. The third kappa shape index (κ3) is 2.63. The molecule has 84 valence electrons. The van der Waals surface area contributed by atoms with E-state index in [1.807, 2.05) is 5.38 Å². The van der Waals surface area contributed by atoms with Gasteiger partial charge in [0.1, 0.15) is 0 Å². The molecular weight excluding hydrogens is 229 g/mol. The molecule has 0 amide bonds. The van der Waals surface area contributed by atoms with Crippen molar-refractivity contribution in [3.63, 3.8) is 0 Å². The van der Waals surface area contributed by atoms with Crippen molar-refractivity contribution >= 4 is 23.1 Å². The van der Waals surface area contributed by atoms with Crippen molar-refractivity contribution < 1.29 is 4.39 Å². The molecule has 0 aliphatic heterocycles. The minimum atomic E-state index is -0.506. The number of hydrogen-bond donors (Lipinski definition) is 2. The molecule has 0 unspecified atom stereocenters. The van der Waals surface area contributed by atoms with Gasteiger partial charge in [-0.3, -0.25) is 0 Å². The minimum Gasteiger partial charge on any atom is -0.368 e. The Kier molecular flexibility index (Phi) is 3.25. The Morgan fingerprint density at radius 3 is 3.06 bits per heavy atom. The predicted octanol–water partition coefficient (Wildman–Crippen LogP) is 1.31. The van der Waals surface area contributed by atoms with Gasteiger partial charge >= 0.3 is 0 Å². The molecule has 0 spiro atoms.